The molecule has 7 heteroatoms. The Morgan fingerprint density at radius 2 is 1.62 bits per heavy atom. The van der Waals surface area contributed by atoms with Crippen LogP contribution in [0, 0.1) is 12.8 Å². The highest BCUT2D eigenvalue weighted by atomic mass is 32.2. The fourth-order valence-corrected chi connectivity index (χ4v) is 4.13. The van der Waals surface area contributed by atoms with Crippen molar-refractivity contribution in [3.05, 3.63) is 65.7 Å². The molecule has 6 nitrogen and oxygen atoms in total. The predicted octanol–water partition coefficient (Wildman–Crippen LogP) is 2.03. The standard InChI is InChI=1S/C22H26N2O4S/c1-18-8-10-21(11-9-18)29(28)24(13-15-26)22(27)20(17-23(2)12-14-25)16-19-6-4-3-5-7-19/h3-11,14-15,20H,12-13,16-17H2,1-2H3. The van der Waals surface area contributed by atoms with Gasteiger partial charge in [-0.1, -0.05) is 48.0 Å². The second-order valence-electron chi connectivity index (χ2n) is 6.90. The monoisotopic (exact) mass is 414 g/mol. The molecule has 0 fully saturated rings. The van der Waals surface area contributed by atoms with Crippen molar-refractivity contribution in [1.29, 1.82) is 0 Å². The van der Waals surface area contributed by atoms with Crippen LogP contribution >= 0.6 is 0 Å². The van der Waals surface area contributed by atoms with Crippen LogP contribution in [0.2, 0.25) is 0 Å². The number of amides is 1. The lowest BCUT2D eigenvalue weighted by molar-refractivity contribution is -0.132. The van der Waals surface area contributed by atoms with E-state index in [1.807, 2.05) is 49.4 Å². The first-order chi connectivity index (χ1) is 14.0. The van der Waals surface area contributed by atoms with Crippen molar-refractivity contribution in [1.82, 2.24) is 9.21 Å². The first-order valence-electron chi connectivity index (χ1n) is 9.36. The Bertz CT molecular complexity index is 840. The summed E-state index contributed by atoms with van der Waals surface area (Å²) in [4.78, 5) is 37.6. The van der Waals surface area contributed by atoms with Gasteiger partial charge in [0.2, 0.25) is 5.91 Å². The molecule has 29 heavy (non-hydrogen) atoms. The summed E-state index contributed by atoms with van der Waals surface area (Å²) < 4.78 is 14.2. The molecule has 0 radical (unpaired) electrons. The van der Waals surface area contributed by atoms with Crippen LogP contribution in [0.25, 0.3) is 0 Å². The number of carbonyl (C=O) groups excluding carboxylic acids is 3. The Hall–Kier alpha value is -2.64. The van der Waals surface area contributed by atoms with Crippen molar-refractivity contribution in [2.75, 3.05) is 26.7 Å². The summed E-state index contributed by atoms with van der Waals surface area (Å²) in [6.45, 7) is 2.15. The second-order valence-corrected chi connectivity index (χ2v) is 8.31. The van der Waals surface area contributed by atoms with Crippen LogP contribution in [-0.4, -0.2) is 58.6 Å². The highest BCUT2D eigenvalue weighted by Gasteiger charge is 2.29. The maximum absolute atomic E-state index is 13.3. The molecule has 0 heterocycles. The number of aldehydes is 2. The maximum atomic E-state index is 13.3. The smallest absolute Gasteiger partial charge is 0.239 e. The number of benzene rings is 2. The van der Waals surface area contributed by atoms with E-state index in [0.29, 0.717) is 24.1 Å². The largest absolute Gasteiger partial charge is 0.302 e. The molecule has 2 unspecified atom stereocenters. The molecule has 0 N–H and O–H groups in total. The number of rotatable bonds is 11. The number of hydrogen-bond donors (Lipinski definition) is 0. The molecule has 0 bridgehead atoms. The third-order valence-corrected chi connectivity index (χ3v) is 5.91. The lowest BCUT2D eigenvalue weighted by Crippen LogP contribution is -2.43. The van der Waals surface area contributed by atoms with E-state index in [9.17, 15) is 18.6 Å². The summed E-state index contributed by atoms with van der Waals surface area (Å²) in [5.41, 5.74) is 1.97. The summed E-state index contributed by atoms with van der Waals surface area (Å²) in [6.07, 6.45) is 1.78. The summed E-state index contributed by atoms with van der Waals surface area (Å²) in [5, 5.41) is 0. The van der Waals surface area contributed by atoms with Gasteiger partial charge >= 0.3 is 0 Å². The molecule has 0 saturated carbocycles. The number of aryl methyl sites for hydroxylation is 1. The minimum Gasteiger partial charge on any atom is -0.302 e. The molecule has 2 aromatic carbocycles. The fraction of sp³-hybridized carbons (Fsp3) is 0.318. The summed E-state index contributed by atoms with van der Waals surface area (Å²) in [5.74, 6) is -0.922. The highest BCUT2D eigenvalue weighted by molar-refractivity contribution is 7.83. The van der Waals surface area contributed by atoms with Crippen molar-refractivity contribution in [3.63, 3.8) is 0 Å². The lowest BCUT2D eigenvalue weighted by atomic mass is 9.98. The van der Waals surface area contributed by atoms with Crippen LogP contribution in [0.1, 0.15) is 11.1 Å². The van der Waals surface area contributed by atoms with Crippen LogP contribution in [0.3, 0.4) is 0 Å². The van der Waals surface area contributed by atoms with E-state index in [-0.39, 0.29) is 19.0 Å². The number of hydrogen-bond acceptors (Lipinski definition) is 5. The van der Waals surface area contributed by atoms with E-state index in [1.54, 1.807) is 24.1 Å². The van der Waals surface area contributed by atoms with E-state index in [1.165, 1.54) is 0 Å². The van der Waals surface area contributed by atoms with Crippen molar-refractivity contribution in [2.24, 2.45) is 5.92 Å². The van der Waals surface area contributed by atoms with E-state index in [4.69, 9.17) is 0 Å². The Morgan fingerprint density at radius 1 is 1.00 bits per heavy atom. The van der Waals surface area contributed by atoms with Gasteiger partial charge in [0.25, 0.3) is 0 Å². The molecule has 1 amide bonds. The van der Waals surface area contributed by atoms with Crippen molar-refractivity contribution in [2.45, 2.75) is 18.2 Å². The van der Waals surface area contributed by atoms with E-state index < -0.39 is 16.9 Å². The second kappa shape index (κ2) is 11.4. The molecule has 2 rings (SSSR count). The first kappa shape index (κ1) is 22.6. The summed E-state index contributed by atoms with van der Waals surface area (Å²) in [6, 6.07) is 16.5. The minimum absolute atomic E-state index is 0.188. The average molecular weight is 415 g/mol. The van der Waals surface area contributed by atoms with E-state index in [0.717, 1.165) is 21.7 Å². The zero-order valence-corrected chi connectivity index (χ0v) is 17.5. The van der Waals surface area contributed by atoms with Crippen molar-refractivity contribution < 1.29 is 18.6 Å². The topological polar surface area (TPSA) is 74.8 Å². The van der Waals surface area contributed by atoms with Gasteiger partial charge in [0, 0.05) is 6.54 Å². The molecule has 2 atom stereocenters. The molecule has 2 aromatic rings. The van der Waals surface area contributed by atoms with E-state index >= 15 is 0 Å². The van der Waals surface area contributed by atoms with Gasteiger partial charge in [-0.2, -0.15) is 0 Å². The van der Waals surface area contributed by atoms with Gasteiger partial charge in [0.1, 0.15) is 12.6 Å². The van der Waals surface area contributed by atoms with Gasteiger partial charge in [0.05, 0.1) is 23.9 Å². The predicted molar refractivity (Wildman–Crippen MR) is 113 cm³/mol. The SMILES string of the molecule is Cc1ccc(S(=O)N(CC=O)C(=O)C(Cc2ccccc2)CN(C)CC=O)cc1. The van der Waals surface area contributed by atoms with Gasteiger partial charge in [-0.15, -0.1) is 0 Å². The van der Waals surface area contributed by atoms with Gasteiger partial charge in [-0.25, -0.2) is 8.51 Å². The Morgan fingerprint density at radius 3 is 2.21 bits per heavy atom. The van der Waals surface area contributed by atoms with Crippen LogP contribution in [0.15, 0.2) is 59.5 Å². The van der Waals surface area contributed by atoms with Crippen molar-refractivity contribution >= 4 is 29.5 Å². The van der Waals surface area contributed by atoms with Crippen LogP contribution in [0.5, 0.6) is 0 Å². The number of likely N-dealkylation sites (N-methyl/N-ethyl adjacent to an activating group) is 1. The minimum atomic E-state index is -1.79. The zero-order valence-electron chi connectivity index (χ0n) is 16.7. The third kappa shape index (κ3) is 6.73. The molecule has 0 spiro atoms. The third-order valence-electron chi connectivity index (χ3n) is 4.50. The molecule has 0 aromatic heterocycles. The van der Waals surface area contributed by atoms with Crippen molar-refractivity contribution in [3.8, 4) is 0 Å². The maximum Gasteiger partial charge on any atom is 0.239 e. The number of nitrogens with zero attached hydrogens (tertiary/aromatic N) is 2. The van der Waals surface area contributed by atoms with Gasteiger partial charge in [-0.05, 0) is 38.1 Å². The first-order valence-corrected chi connectivity index (χ1v) is 10.5. The molecule has 0 saturated heterocycles. The molecule has 0 aliphatic rings. The molecule has 0 aliphatic heterocycles. The Kier molecular flexibility index (Phi) is 8.89. The normalized spacial score (nSPS) is 12.9. The lowest BCUT2D eigenvalue weighted by Gasteiger charge is -2.27. The van der Waals surface area contributed by atoms with Gasteiger partial charge in [0.15, 0.2) is 11.0 Å². The fourth-order valence-electron chi connectivity index (χ4n) is 3.00. The summed E-state index contributed by atoms with van der Waals surface area (Å²) in [7, 11) is -0.0414. The Labute approximate surface area is 174 Å². The molecule has 154 valence electrons. The van der Waals surface area contributed by atoms with Gasteiger partial charge in [-0.3, -0.25) is 9.69 Å². The number of carbonyl (C=O) groups is 3. The van der Waals surface area contributed by atoms with Crippen LogP contribution in [0.4, 0.5) is 0 Å². The average Bonchev–Trinajstić information content (AvgIpc) is 2.72. The summed E-state index contributed by atoms with van der Waals surface area (Å²) >= 11 is 0. The van der Waals surface area contributed by atoms with Crippen LogP contribution < -0.4 is 0 Å². The molecular weight excluding hydrogens is 388 g/mol. The Balaban J connectivity index is 2.29. The quantitative estimate of drug-likeness (QED) is 0.526. The van der Waals surface area contributed by atoms with Crippen LogP contribution in [-0.2, 0) is 31.8 Å². The molecule has 0 aliphatic carbocycles. The zero-order chi connectivity index (χ0) is 21.2. The van der Waals surface area contributed by atoms with Gasteiger partial charge < -0.3 is 9.59 Å². The highest BCUT2D eigenvalue weighted by Crippen LogP contribution is 2.18. The van der Waals surface area contributed by atoms with E-state index in [2.05, 4.69) is 0 Å². The molecular formula is C22H26N2O4S.